The molecule has 0 aliphatic rings. The number of carbonyl (C=O) groups is 1. The first kappa shape index (κ1) is 15.7. The van der Waals surface area contributed by atoms with Crippen LogP contribution < -0.4 is 0 Å². The fraction of sp³-hybridized carbons (Fsp3) is 0.500. The van der Waals surface area contributed by atoms with E-state index in [1.165, 1.54) is 0 Å². The van der Waals surface area contributed by atoms with Crippen LogP contribution in [0.4, 0.5) is 0 Å². The Morgan fingerprint density at radius 1 is 1.50 bits per heavy atom. The van der Waals surface area contributed by atoms with Gasteiger partial charge in [0.05, 0.1) is 0 Å². The molecule has 30 valence electrons. The molecule has 2 radical (unpaired) electrons. The molecule has 2 nitrogen and oxygen atoms in total. The summed E-state index contributed by atoms with van der Waals surface area (Å²) in [5, 5.41) is 7.42. The quantitative estimate of drug-likeness (QED) is 0.680. The molecule has 4 heteroatoms. The van der Waals surface area contributed by atoms with Crippen molar-refractivity contribution in [3.8, 4) is 0 Å². The zero-order valence-electron chi connectivity index (χ0n) is 3.51. The van der Waals surface area contributed by atoms with Crippen LogP contribution in [0, 0.1) is 71.2 Å². The standard InChI is InChI=1S/C2H4O2.2La/c1-2(3)4;;/h1H3,(H,3,4);;. The molecule has 0 bridgehead atoms. The summed E-state index contributed by atoms with van der Waals surface area (Å²) in [5.41, 5.74) is 0. The third-order valence-electron chi connectivity index (χ3n) is 0. The van der Waals surface area contributed by atoms with Gasteiger partial charge in [0.15, 0.2) is 0 Å². The fourth-order valence-corrected chi connectivity index (χ4v) is 0. The number of hydrogen-bond donors (Lipinski definition) is 1. The van der Waals surface area contributed by atoms with Gasteiger partial charge in [-0.1, -0.05) is 0 Å². The number of carboxylic acid groups (broad SMARTS) is 1. The molecule has 0 amide bonds. The first-order chi connectivity index (χ1) is 1.73. The molecule has 0 saturated heterocycles. The average Bonchev–Trinajstić information content (AvgIpc) is 0.811. The average molecular weight is 338 g/mol. The molecule has 1 N–H and O–H groups in total. The molecule has 0 aromatic rings. The molecule has 0 fully saturated rings. The Morgan fingerprint density at radius 2 is 1.50 bits per heavy atom. The van der Waals surface area contributed by atoms with Crippen molar-refractivity contribution < 1.29 is 81.1 Å². The summed E-state index contributed by atoms with van der Waals surface area (Å²) in [5.74, 6) is -0.833. The van der Waals surface area contributed by atoms with E-state index in [9.17, 15) is 0 Å². The Kier molecular flexibility index (Phi) is 26.0. The normalized spacial score (nSPS) is 4.17. The summed E-state index contributed by atoms with van der Waals surface area (Å²) in [6.45, 7) is 1.08. The minimum absolute atomic E-state index is 0. The van der Waals surface area contributed by atoms with Gasteiger partial charge < -0.3 is 5.11 Å². The van der Waals surface area contributed by atoms with Gasteiger partial charge in [-0.05, 0) is 0 Å². The molecular weight excluding hydrogens is 334 g/mol. The Balaban J connectivity index is -0.0000000450. The molecular formula is C2H4La2O2. The van der Waals surface area contributed by atoms with Crippen molar-refractivity contribution in [1.82, 2.24) is 0 Å². The van der Waals surface area contributed by atoms with Crippen molar-refractivity contribution in [2.45, 2.75) is 6.92 Å². The van der Waals surface area contributed by atoms with Crippen LogP contribution in [0.2, 0.25) is 0 Å². The predicted octanol–water partition coefficient (Wildman–Crippen LogP) is 0.0909. The van der Waals surface area contributed by atoms with Gasteiger partial charge in [0.2, 0.25) is 0 Å². The molecule has 0 aromatic heterocycles. The van der Waals surface area contributed by atoms with E-state index in [1.54, 1.807) is 0 Å². The van der Waals surface area contributed by atoms with Crippen LogP contribution in [0.1, 0.15) is 6.92 Å². The Labute approximate surface area is 92.3 Å². The molecule has 0 unspecified atom stereocenters. The SMILES string of the molecule is CC(=O)O.[La].[La]. The molecule has 0 aliphatic heterocycles. The summed E-state index contributed by atoms with van der Waals surface area (Å²) < 4.78 is 0. The van der Waals surface area contributed by atoms with Crippen molar-refractivity contribution in [2.75, 3.05) is 0 Å². The Morgan fingerprint density at radius 3 is 1.50 bits per heavy atom. The van der Waals surface area contributed by atoms with E-state index in [-0.39, 0.29) is 71.2 Å². The minimum Gasteiger partial charge on any atom is -0.481 e. The molecule has 0 heterocycles. The smallest absolute Gasteiger partial charge is 0.300 e. The second kappa shape index (κ2) is 9.97. The summed E-state index contributed by atoms with van der Waals surface area (Å²) in [6.07, 6.45) is 0. The monoisotopic (exact) mass is 338 g/mol. The summed E-state index contributed by atoms with van der Waals surface area (Å²) in [6, 6.07) is 0. The van der Waals surface area contributed by atoms with E-state index in [2.05, 4.69) is 0 Å². The molecule has 0 aromatic carbocycles. The van der Waals surface area contributed by atoms with Crippen LogP contribution in [0.5, 0.6) is 0 Å². The number of carboxylic acids is 1. The fourth-order valence-electron chi connectivity index (χ4n) is 0. The van der Waals surface area contributed by atoms with Gasteiger partial charge in [-0.25, -0.2) is 0 Å². The number of aliphatic carboxylic acids is 1. The third kappa shape index (κ3) is 40.0. The van der Waals surface area contributed by atoms with Gasteiger partial charge in [0.1, 0.15) is 0 Å². The van der Waals surface area contributed by atoms with Crippen molar-refractivity contribution in [2.24, 2.45) is 0 Å². The number of rotatable bonds is 0. The van der Waals surface area contributed by atoms with Crippen LogP contribution in [0.25, 0.3) is 0 Å². The van der Waals surface area contributed by atoms with E-state index in [1.807, 2.05) is 0 Å². The van der Waals surface area contributed by atoms with Crippen molar-refractivity contribution >= 4 is 5.97 Å². The third-order valence-corrected chi connectivity index (χ3v) is 0. The van der Waals surface area contributed by atoms with Crippen molar-refractivity contribution in [3.05, 3.63) is 0 Å². The molecule has 0 rings (SSSR count). The van der Waals surface area contributed by atoms with Gasteiger partial charge in [-0.15, -0.1) is 0 Å². The van der Waals surface area contributed by atoms with E-state index in [0.29, 0.717) is 0 Å². The van der Waals surface area contributed by atoms with Crippen molar-refractivity contribution in [1.29, 1.82) is 0 Å². The van der Waals surface area contributed by atoms with Crippen LogP contribution in [-0.2, 0) is 4.79 Å². The minimum atomic E-state index is -0.833. The number of hydrogen-bond acceptors (Lipinski definition) is 1. The van der Waals surface area contributed by atoms with E-state index < -0.39 is 5.97 Å². The first-order valence-electron chi connectivity index (χ1n) is 0.928. The zero-order chi connectivity index (χ0) is 3.58. The predicted molar refractivity (Wildman–Crippen MR) is 13.3 cm³/mol. The maximum atomic E-state index is 9.00. The molecule has 0 saturated carbocycles. The Hall–Kier alpha value is 1.86. The molecule has 0 spiro atoms. The van der Waals surface area contributed by atoms with E-state index >= 15 is 0 Å². The van der Waals surface area contributed by atoms with Crippen LogP contribution in [-0.4, -0.2) is 11.1 Å². The maximum Gasteiger partial charge on any atom is 0.300 e. The van der Waals surface area contributed by atoms with Crippen LogP contribution in [0.15, 0.2) is 0 Å². The van der Waals surface area contributed by atoms with Gasteiger partial charge in [0, 0.05) is 78.1 Å². The topological polar surface area (TPSA) is 37.3 Å². The Bertz CT molecular complexity index is 32.5. The van der Waals surface area contributed by atoms with Crippen molar-refractivity contribution in [3.63, 3.8) is 0 Å². The summed E-state index contributed by atoms with van der Waals surface area (Å²) in [4.78, 5) is 9.00. The molecule has 0 aliphatic carbocycles. The molecule has 6 heavy (non-hydrogen) atoms. The van der Waals surface area contributed by atoms with Gasteiger partial charge in [-0.2, -0.15) is 0 Å². The second-order valence-electron chi connectivity index (χ2n) is 0.519. The van der Waals surface area contributed by atoms with Crippen LogP contribution >= 0.6 is 0 Å². The van der Waals surface area contributed by atoms with Crippen LogP contribution in [0.3, 0.4) is 0 Å². The second-order valence-corrected chi connectivity index (χ2v) is 0.519. The van der Waals surface area contributed by atoms with E-state index in [0.717, 1.165) is 6.92 Å². The first-order valence-corrected chi connectivity index (χ1v) is 0.928. The van der Waals surface area contributed by atoms with Gasteiger partial charge in [0.25, 0.3) is 5.97 Å². The van der Waals surface area contributed by atoms with Gasteiger partial charge in [-0.3, -0.25) is 4.79 Å². The maximum absolute atomic E-state index is 9.00. The largest absolute Gasteiger partial charge is 0.481 e. The summed E-state index contributed by atoms with van der Waals surface area (Å²) in [7, 11) is 0. The van der Waals surface area contributed by atoms with Gasteiger partial charge >= 0.3 is 0 Å². The zero-order valence-corrected chi connectivity index (χ0v) is 10.8. The molecule has 0 atom stereocenters. The van der Waals surface area contributed by atoms with E-state index in [4.69, 9.17) is 9.90 Å². The summed E-state index contributed by atoms with van der Waals surface area (Å²) >= 11 is 0.